The van der Waals surface area contributed by atoms with E-state index in [1.54, 1.807) is 0 Å². The van der Waals surface area contributed by atoms with Gasteiger partial charge in [0.05, 0.1) is 0 Å². The average Bonchev–Trinajstić information content (AvgIpc) is 2.57. The highest BCUT2D eigenvalue weighted by Crippen LogP contribution is 2.29. The fourth-order valence-electron chi connectivity index (χ4n) is 2.02. The third-order valence-electron chi connectivity index (χ3n) is 3.25. The van der Waals surface area contributed by atoms with E-state index < -0.39 is 16.0 Å². The molecule has 2 amide bonds. The Hall–Kier alpha value is -1.46. The summed E-state index contributed by atoms with van der Waals surface area (Å²) in [5.41, 5.74) is 2.00. The predicted molar refractivity (Wildman–Crippen MR) is 99.2 cm³/mol. The zero-order valence-electron chi connectivity index (χ0n) is 12.8. The van der Waals surface area contributed by atoms with E-state index in [1.165, 1.54) is 0 Å². The fraction of sp³-hybridized carbons (Fsp3) is 0.235. The lowest BCUT2D eigenvalue weighted by molar-refractivity contribution is 0.233. The third-order valence-corrected chi connectivity index (χ3v) is 3.91. The van der Waals surface area contributed by atoms with E-state index in [4.69, 9.17) is 34.8 Å². The van der Waals surface area contributed by atoms with Crippen LogP contribution in [0.15, 0.2) is 60.7 Å². The number of benzene rings is 2. The lowest BCUT2D eigenvalue weighted by atomic mass is 10.2. The second kappa shape index (κ2) is 9.14. The highest BCUT2D eigenvalue weighted by Gasteiger charge is 2.33. The first-order valence-electron chi connectivity index (χ1n) is 7.37. The Balaban J connectivity index is 1.87. The lowest BCUT2D eigenvalue weighted by Gasteiger charge is -2.26. The molecular formula is C17H18Cl3N3O. The van der Waals surface area contributed by atoms with Crippen LogP contribution in [0.3, 0.4) is 0 Å². The molecular weight excluding hydrogens is 369 g/mol. The van der Waals surface area contributed by atoms with E-state index in [2.05, 4.69) is 16.0 Å². The number of urea groups is 1. The number of carbonyl (C=O) groups excluding carboxylic acids is 1. The molecule has 0 fully saturated rings. The summed E-state index contributed by atoms with van der Waals surface area (Å²) in [4.78, 5) is 12.0. The van der Waals surface area contributed by atoms with Gasteiger partial charge in [0.1, 0.15) is 6.17 Å². The van der Waals surface area contributed by atoms with Gasteiger partial charge in [-0.15, -0.1) is 0 Å². The van der Waals surface area contributed by atoms with Crippen molar-refractivity contribution in [2.45, 2.75) is 23.0 Å². The molecule has 0 radical (unpaired) electrons. The van der Waals surface area contributed by atoms with E-state index in [1.807, 2.05) is 60.7 Å². The highest BCUT2D eigenvalue weighted by atomic mass is 35.6. The van der Waals surface area contributed by atoms with Crippen molar-refractivity contribution in [2.24, 2.45) is 0 Å². The molecule has 128 valence electrons. The second-order valence-corrected chi connectivity index (χ2v) is 7.52. The first-order chi connectivity index (χ1) is 11.4. The number of alkyl halides is 3. The quantitative estimate of drug-likeness (QED) is 0.520. The number of nitrogens with one attached hydrogen (secondary N) is 3. The fourth-order valence-corrected chi connectivity index (χ4v) is 2.42. The van der Waals surface area contributed by atoms with Crippen molar-refractivity contribution in [3.8, 4) is 0 Å². The zero-order valence-corrected chi connectivity index (χ0v) is 15.1. The van der Waals surface area contributed by atoms with Crippen LogP contribution in [-0.4, -0.2) is 16.0 Å². The highest BCUT2D eigenvalue weighted by molar-refractivity contribution is 6.68. The molecule has 2 aromatic rings. The number of hydrogen-bond donors (Lipinski definition) is 3. The van der Waals surface area contributed by atoms with Gasteiger partial charge in [0.2, 0.25) is 3.79 Å². The molecule has 1 atom stereocenters. The molecule has 7 heteroatoms. The van der Waals surface area contributed by atoms with E-state index in [9.17, 15) is 4.79 Å². The predicted octanol–water partition coefficient (Wildman–Crippen LogP) is 3.97. The summed E-state index contributed by atoms with van der Waals surface area (Å²) in [5, 5.41) is 8.41. The minimum absolute atomic E-state index is 0.387. The van der Waals surface area contributed by atoms with Crippen LogP contribution in [0.5, 0.6) is 0 Å². The molecule has 0 heterocycles. The molecule has 0 aliphatic carbocycles. The summed E-state index contributed by atoms with van der Waals surface area (Å²) >= 11 is 17.9. The van der Waals surface area contributed by atoms with Crippen molar-refractivity contribution in [3.05, 3.63) is 71.8 Å². The van der Waals surface area contributed by atoms with E-state index in [0.717, 1.165) is 11.1 Å². The van der Waals surface area contributed by atoms with Crippen LogP contribution in [-0.2, 0) is 13.1 Å². The Morgan fingerprint density at radius 2 is 1.38 bits per heavy atom. The van der Waals surface area contributed by atoms with Crippen molar-refractivity contribution in [1.29, 1.82) is 0 Å². The Morgan fingerprint density at radius 1 is 0.875 bits per heavy atom. The molecule has 24 heavy (non-hydrogen) atoms. The van der Waals surface area contributed by atoms with Crippen molar-refractivity contribution < 1.29 is 4.79 Å². The molecule has 0 aliphatic heterocycles. The SMILES string of the molecule is O=C(NCc1ccccc1)N[C@@H](NCc1ccccc1)C(Cl)(Cl)Cl. The van der Waals surface area contributed by atoms with Gasteiger partial charge in [-0.2, -0.15) is 0 Å². The second-order valence-electron chi connectivity index (χ2n) is 5.15. The van der Waals surface area contributed by atoms with Gasteiger partial charge in [0, 0.05) is 13.1 Å². The van der Waals surface area contributed by atoms with Gasteiger partial charge in [0.15, 0.2) is 0 Å². The smallest absolute Gasteiger partial charge is 0.316 e. The van der Waals surface area contributed by atoms with Gasteiger partial charge in [-0.25, -0.2) is 4.79 Å². The Bertz CT molecular complexity index is 633. The number of halogens is 3. The van der Waals surface area contributed by atoms with Crippen LogP contribution < -0.4 is 16.0 Å². The molecule has 0 bridgehead atoms. The Morgan fingerprint density at radius 3 is 1.88 bits per heavy atom. The van der Waals surface area contributed by atoms with E-state index >= 15 is 0 Å². The average molecular weight is 387 g/mol. The molecule has 2 aromatic carbocycles. The van der Waals surface area contributed by atoms with Gasteiger partial charge >= 0.3 is 6.03 Å². The Labute approximate surface area is 156 Å². The first kappa shape index (κ1) is 18.9. The molecule has 0 saturated heterocycles. The molecule has 0 unspecified atom stereocenters. The minimum Gasteiger partial charge on any atom is -0.334 e. The summed E-state index contributed by atoms with van der Waals surface area (Å²) in [6.07, 6.45) is -0.835. The van der Waals surface area contributed by atoms with Gasteiger partial charge in [0.25, 0.3) is 0 Å². The van der Waals surface area contributed by atoms with E-state index in [-0.39, 0.29) is 0 Å². The van der Waals surface area contributed by atoms with Crippen LogP contribution in [0.4, 0.5) is 4.79 Å². The number of rotatable bonds is 6. The lowest BCUT2D eigenvalue weighted by Crippen LogP contribution is -2.55. The maximum atomic E-state index is 12.0. The van der Waals surface area contributed by atoms with Crippen molar-refractivity contribution in [2.75, 3.05) is 0 Å². The van der Waals surface area contributed by atoms with E-state index in [0.29, 0.717) is 13.1 Å². The van der Waals surface area contributed by atoms with Crippen LogP contribution in [0.25, 0.3) is 0 Å². The van der Waals surface area contributed by atoms with Crippen LogP contribution in [0.1, 0.15) is 11.1 Å². The Kier molecular flexibility index (Phi) is 7.18. The van der Waals surface area contributed by atoms with Crippen LogP contribution in [0, 0.1) is 0 Å². The van der Waals surface area contributed by atoms with Gasteiger partial charge in [-0.3, -0.25) is 5.32 Å². The van der Waals surface area contributed by atoms with Crippen LogP contribution in [0.2, 0.25) is 0 Å². The van der Waals surface area contributed by atoms with Gasteiger partial charge in [-0.1, -0.05) is 95.5 Å². The molecule has 4 nitrogen and oxygen atoms in total. The number of carbonyl (C=O) groups is 1. The molecule has 0 spiro atoms. The first-order valence-corrected chi connectivity index (χ1v) is 8.51. The van der Waals surface area contributed by atoms with Crippen LogP contribution >= 0.6 is 34.8 Å². The summed E-state index contributed by atoms with van der Waals surface area (Å²) in [6, 6.07) is 18.8. The largest absolute Gasteiger partial charge is 0.334 e. The standard InChI is InChI=1S/C17H18Cl3N3O/c18-17(19,20)15(21-11-13-7-3-1-4-8-13)23-16(24)22-12-14-9-5-2-6-10-14/h1-10,15,21H,11-12H2,(H2,22,23,24)/t15-/m1/s1. The minimum atomic E-state index is -1.68. The van der Waals surface area contributed by atoms with Gasteiger partial charge in [-0.05, 0) is 11.1 Å². The topological polar surface area (TPSA) is 53.2 Å². The van der Waals surface area contributed by atoms with Crippen molar-refractivity contribution >= 4 is 40.8 Å². The maximum absolute atomic E-state index is 12.0. The van der Waals surface area contributed by atoms with Gasteiger partial charge < -0.3 is 10.6 Å². The van der Waals surface area contributed by atoms with Crippen molar-refractivity contribution in [1.82, 2.24) is 16.0 Å². The normalized spacial score (nSPS) is 12.5. The summed E-state index contributed by atoms with van der Waals surface area (Å²) in [5.74, 6) is 0. The summed E-state index contributed by atoms with van der Waals surface area (Å²) in [7, 11) is 0. The number of amides is 2. The van der Waals surface area contributed by atoms with Crippen molar-refractivity contribution in [3.63, 3.8) is 0 Å². The third kappa shape index (κ3) is 6.57. The molecule has 0 saturated carbocycles. The zero-order chi connectivity index (χ0) is 17.4. The molecule has 2 rings (SSSR count). The molecule has 0 aliphatic rings. The number of hydrogen-bond acceptors (Lipinski definition) is 2. The molecule has 0 aromatic heterocycles. The maximum Gasteiger partial charge on any atom is 0.316 e. The monoisotopic (exact) mass is 385 g/mol. The summed E-state index contributed by atoms with van der Waals surface area (Å²) in [6.45, 7) is 0.844. The molecule has 3 N–H and O–H groups in total. The summed E-state index contributed by atoms with van der Waals surface area (Å²) < 4.78 is -1.68.